The van der Waals surface area contributed by atoms with Crippen molar-refractivity contribution in [2.75, 3.05) is 32.8 Å². The minimum Gasteiger partial charge on any atom is -0.479 e. The molecule has 0 spiro atoms. The fourth-order valence-electron chi connectivity index (χ4n) is 1.46. The Balaban J connectivity index is 0.000000459. The van der Waals surface area contributed by atoms with Crippen LogP contribution in [0.1, 0.15) is 19.8 Å². The van der Waals surface area contributed by atoms with Gasteiger partial charge >= 0.3 is 5.97 Å². The fourth-order valence-corrected chi connectivity index (χ4v) is 1.46. The molecule has 6 heteroatoms. The molecule has 1 fully saturated rings. The zero-order valence-electron chi connectivity index (χ0n) is 11.6. The maximum Gasteiger partial charge on any atom is 0.332 e. The molecular formula is C13H26N2O4. The second-order valence-electron chi connectivity index (χ2n) is 4.35. The Morgan fingerprint density at radius 2 is 2.37 bits per heavy atom. The van der Waals surface area contributed by atoms with Crippen LogP contribution in [-0.4, -0.2) is 61.2 Å². The van der Waals surface area contributed by atoms with Crippen LogP contribution in [0.4, 0.5) is 0 Å². The normalized spacial score (nSPS) is 20.0. The molecule has 2 atom stereocenters. The van der Waals surface area contributed by atoms with Crippen LogP contribution in [0.2, 0.25) is 0 Å². The maximum absolute atomic E-state index is 9.45. The first-order chi connectivity index (χ1) is 9.07. The van der Waals surface area contributed by atoms with E-state index in [1.807, 2.05) is 6.08 Å². The highest BCUT2D eigenvalue weighted by atomic mass is 16.5. The van der Waals surface area contributed by atoms with Crippen LogP contribution in [0.15, 0.2) is 12.7 Å². The maximum atomic E-state index is 9.45. The van der Waals surface area contributed by atoms with Gasteiger partial charge in [0.05, 0.1) is 12.7 Å². The first-order valence-corrected chi connectivity index (χ1v) is 6.62. The van der Waals surface area contributed by atoms with Crippen molar-refractivity contribution in [3.63, 3.8) is 0 Å². The van der Waals surface area contributed by atoms with E-state index in [0.29, 0.717) is 6.10 Å². The number of carboxylic acids is 1. The molecule has 0 aromatic carbocycles. The number of carbonyl (C=O) groups is 1. The van der Waals surface area contributed by atoms with Crippen LogP contribution in [0, 0.1) is 0 Å². The number of hydrogen-bond donors (Lipinski definition) is 4. The van der Waals surface area contributed by atoms with E-state index in [2.05, 4.69) is 17.2 Å². The Bertz CT molecular complexity index is 241. The predicted molar refractivity (Wildman–Crippen MR) is 74.2 cm³/mol. The number of morpholine rings is 1. The van der Waals surface area contributed by atoms with E-state index in [0.717, 1.165) is 39.2 Å². The SMILES string of the molecule is C=CCNCCCC1CNCCO1.CC(O)C(=O)O. The van der Waals surface area contributed by atoms with E-state index in [9.17, 15) is 4.79 Å². The summed E-state index contributed by atoms with van der Waals surface area (Å²) in [6, 6.07) is 0. The molecule has 0 aromatic rings. The van der Waals surface area contributed by atoms with Crippen molar-refractivity contribution in [2.24, 2.45) is 0 Å². The van der Waals surface area contributed by atoms with Gasteiger partial charge in [-0.2, -0.15) is 0 Å². The summed E-state index contributed by atoms with van der Waals surface area (Å²) in [6.45, 7) is 9.70. The number of rotatable bonds is 7. The Kier molecular flexibility index (Phi) is 11.5. The van der Waals surface area contributed by atoms with Gasteiger partial charge in [0, 0.05) is 19.6 Å². The summed E-state index contributed by atoms with van der Waals surface area (Å²) < 4.78 is 5.57. The summed E-state index contributed by atoms with van der Waals surface area (Å²) in [4.78, 5) is 9.45. The largest absolute Gasteiger partial charge is 0.479 e. The highest BCUT2D eigenvalue weighted by Crippen LogP contribution is 2.03. The molecule has 0 bridgehead atoms. The number of ether oxygens (including phenoxy) is 1. The van der Waals surface area contributed by atoms with Crippen LogP contribution in [0.25, 0.3) is 0 Å². The van der Waals surface area contributed by atoms with Crippen molar-refractivity contribution in [1.82, 2.24) is 10.6 Å². The summed E-state index contributed by atoms with van der Waals surface area (Å²) in [5, 5.41) is 22.4. The highest BCUT2D eigenvalue weighted by Gasteiger charge is 2.11. The van der Waals surface area contributed by atoms with Gasteiger partial charge in [-0.25, -0.2) is 4.79 Å². The molecule has 1 heterocycles. The summed E-state index contributed by atoms with van der Waals surface area (Å²) >= 11 is 0. The molecule has 1 aliphatic heterocycles. The molecule has 112 valence electrons. The molecule has 1 rings (SSSR count). The van der Waals surface area contributed by atoms with Crippen molar-refractivity contribution in [3.8, 4) is 0 Å². The van der Waals surface area contributed by atoms with E-state index in [1.54, 1.807) is 0 Å². The zero-order valence-corrected chi connectivity index (χ0v) is 11.6. The number of aliphatic hydroxyl groups is 1. The van der Waals surface area contributed by atoms with Crippen molar-refractivity contribution in [2.45, 2.75) is 32.0 Å². The second-order valence-corrected chi connectivity index (χ2v) is 4.35. The smallest absolute Gasteiger partial charge is 0.332 e. The third kappa shape index (κ3) is 11.9. The Hall–Kier alpha value is -0.950. The highest BCUT2D eigenvalue weighted by molar-refractivity contribution is 5.71. The van der Waals surface area contributed by atoms with E-state index < -0.39 is 12.1 Å². The van der Waals surface area contributed by atoms with Gasteiger partial charge in [0.25, 0.3) is 0 Å². The minimum absolute atomic E-state index is 0.430. The van der Waals surface area contributed by atoms with Crippen LogP contribution in [-0.2, 0) is 9.53 Å². The molecule has 19 heavy (non-hydrogen) atoms. The molecular weight excluding hydrogens is 248 g/mol. The summed E-state index contributed by atoms with van der Waals surface area (Å²) in [5.41, 5.74) is 0. The molecule has 2 unspecified atom stereocenters. The first kappa shape index (κ1) is 18.0. The molecule has 6 nitrogen and oxygen atoms in total. The van der Waals surface area contributed by atoms with Crippen LogP contribution < -0.4 is 10.6 Å². The average Bonchev–Trinajstić information content (AvgIpc) is 2.40. The number of aliphatic carboxylic acids is 1. The third-order valence-corrected chi connectivity index (χ3v) is 2.53. The van der Waals surface area contributed by atoms with Gasteiger partial charge in [-0.05, 0) is 26.3 Å². The lowest BCUT2D eigenvalue weighted by molar-refractivity contribution is -0.145. The zero-order chi connectivity index (χ0) is 14.5. The molecule has 0 aromatic heterocycles. The summed E-state index contributed by atoms with van der Waals surface area (Å²) in [5.74, 6) is -1.19. The quantitative estimate of drug-likeness (QED) is 0.385. The topological polar surface area (TPSA) is 90.8 Å². The average molecular weight is 274 g/mol. The van der Waals surface area contributed by atoms with E-state index >= 15 is 0 Å². The Morgan fingerprint density at radius 1 is 1.68 bits per heavy atom. The number of nitrogens with one attached hydrogen (secondary N) is 2. The molecule has 4 N–H and O–H groups in total. The number of aliphatic hydroxyl groups excluding tert-OH is 1. The van der Waals surface area contributed by atoms with Gasteiger partial charge in [-0.1, -0.05) is 6.08 Å². The second kappa shape index (κ2) is 12.1. The van der Waals surface area contributed by atoms with E-state index in [-0.39, 0.29) is 0 Å². The molecule has 0 saturated carbocycles. The third-order valence-electron chi connectivity index (χ3n) is 2.53. The van der Waals surface area contributed by atoms with Gasteiger partial charge in [0.15, 0.2) is 0 Å². The molecule has 1 aliphatic rings. The monoisotopic (exact) mass is 274 g/mol. The number of carboxylic acid groups (broad SMARTS) is 1. The minimum atomic E-state index is -1.23. The predicted octanol–water partition coefficient (Wildman–Crippen LogP) is -0.0176. The van der Waals surface area contributed by atoms with Gasteiger partial charge in [0.1, 0.15) is 6.10 Å². The van der Waals surface area contributed by atoms with Gasteiger partial charge in [-0.15, -0.1) is 6.58 Å². The summed E-state index contributed by atoms with van der Waals surface area (Å²) in [6.07, 6.45) is 3.42. The van der Waals surface area contributed by atoms with Crippen LogP contribution in [0.3, 0.4) is 0 Å². The van der Waals surface area contributed by atoms with Crippen molar-refractivity contribution in [3.05, 3.63) is 12.7 Å². The Labute approximate surface area is 114 Å². The lowest BCUT2D eigenvalue weighted by atomic mass is 10.2. The van der Waals surface area contributed by atoms with E-state index in [4.69, 9.17) is 14.9 Å². The molecule has 0 aliphatic carbocycles. The first-order valence-electron chi connectivity index (χ1n) is 6.62. The number of hydrogen-bond acceptors (Lipinski definition) is 5. The van der Waals surface area contributed by atoms with Gasteiger partial charge < -0.3 is 25.6 Å². The summed E-state index contributed by atoms with van der Waals surface area (Å²) in [7, 11) is 0. The van der Waals surface area contributed by atoms with Gasteiger partial charge in [0.2, 0.25) is 0 Å². The fraction of sp³-hybridized carbons (Fsp3) is 0.769. The van der Waals surface area contributed by atoms with Crippen molar-refractivity contribution < 1.29 is 19.7 Å². The molecule has 1 saturated heterocycles. The standard InChI is InChI=1S/C10H20N2O.C3H6O3/c1-2-5-11-6-3-4-10-9-12-7-8-13-10;1-2(4)3(5)6/h2,10-12H,1,3-9H2;2,4H,1H3,(H,5,6). The van der Waals surface area contributed by atoms with Crippen molar-refractivity contribution >= 4 is 5.97 Å². The molecule has 0 radical (unpaired) electrons. The lowest BCUT2D eigenvalue weighted by Gasteiger charge is -2.23. The van der Waals surface area contributed by atoms with Crippen LogP contribution in [0.5, 0.6) is 0 Å². The molecule has 0 amide bonds. The van der Waals surface area contributed by atoms with Gasteiger partial charge in [-0.3, -0.25) is 0 Å². The van der Waals surface area contributed by atoms with E-state index in [1.165, 1.54) is 13.3 Å². The Morgan fingerprint density at radius 3 is 2.84 bits per heavy atom. The van der Waals surface area contributed by atoms with Crippen LogP contribution >= 0.6 is 0 Å². The lowest BCUT2D eigenvalue weighted by Crippen LogP contribution is -2.38. The van der Waals surface area contributed by atoms with Crippen molar-refractivity contribution in [1.29, 1.82) is 0 Å².